The molecule has 19 heteroatoms. The predicted octanol–water partition coefficient (Wildman–Crippen LogP) is 7.80. The van der Waals surface area contributed by atoms with E-state index in [4.69, 9.17) is 9.97 Å². The standard InChI is InChI=1S/C22H25FN6O2.C21H22FIN6O2.2CH4/c1-14-9-15(11-16(23)10-14)19-3-2-6-28(19)20-5-8-29-21(26-20)18(12-24-29)25-22(31)27-7-4-17(30)13-27;22-14-8-13(9-15(23)10-14)18-2-1-5-28(18)19-4-7-29-20(26-19)17(11-24-29)25-21(31)27-6-3-16(30)12-27;;/h5,8-12,17,19,30H,2-4,6-7,13H2,1H3,(H,25,31);4,7-11,16,18,30H,1-3,5-6,12H2,(H,25,31);2*1H4/t17-,19+;16-,18+;;/m00../s1. The van der Waals surface area contributed by atoms with Crippen molar-refractivity contribution < 1.29 is 28.6 Å². The number of carbonyl (C=O) groups excluding carboxylic acids is 2. The highest BCUT2D eigenvalue weighted by Gasteiger charge is 2.31. The molecule has 340 valence electrons. The minimum atomic E-state index is -0.475. The summed E-state index contributed by atoms with van der Waals surface area (Å²) < 4.78 is 32.1. The number of benzene rings is 2. The Hall–Kier alpha value is -5.67. The summed E-state index contributed by atoms with van der Waals surface area (Å²) in [7, 11) is 0. The zero-order chi connectivity index (χ0) is 43.1. The molecule has 64 heavy (non-hydrogen) atoms. The van der Waals surface area contributed by atoms with Crippen LogP contribution in [0.25, 0.3) is 11.3 Å². The number of aliphatic hydroxyl groups is 2. The van der Waals surface area contributed by atoms with Crippen molar-refractivity contribution >= 4 is 69.0 Å². The summed E-state index contributed by atoms with van der Waals surface area (Å²) in [6.45, 7) is 5.24. The third kappa shape index (κ3) is 9.85. The quantitative estimate of drug-likeness (QED) is 0.121. The number of carbonyl (C=O) groups is 2. The van der Waals surface area contributed by atoms with Crippen molar-refractivity contribution in [1.29, 1.82) is 0 Å². The van der Waals surface area contributed by atoms with Crippen LogP contribution in [0.1, 0.15) is 82.2 Å². The van der Waals surface area contributed by atoms with Crippen molar-refractivity contribution in [2.75, 3.05) is 59.7 Å². The molecule has 0 radical (unpaired) electrons. The zero-order valence-corrected chi connectivity index (χ0v) is 36.2. The first-order valence-corrected chi connectivity index (χ1v) is 22.0. The van der Waals surface area contributed by atoms with Gasteiger partial charge in [0.1, 0.15) is 34.6 Å². The highest BCUT2D eigenvalue weighted by atomic mass is 127. The van der Waals surface area contributed by atoms with Gasteiger partial charge in [-0.2, -0.15) is 10.2 Å². The van der Waals surface area contributed by atoms with Gasteiger partial charge in [0.05, 0.1) is 36.7 Å². The van der Waals surface area contributed by atoms with Crippen LogP contribution in [0.5, 0.6) is 0 Å². The molecule has 4 aromatic heterocycles. The van der Waals surface area contributed by atoms with E-state index >= 15 is 0 Å². The van der Waals surface area contributed by atoms with Gasteiger partial charge in [-0.25, -0.2) is 37.4 Å². The number of amides is 4. The second-order valence-electron chi connectivity index (χ2n) is 16.3. The van der Waals surface area contributed by atoms with E-state index in [1.807, 2.05) is 43.6 Å². The van der Waals surface area contributed by atoms with Crippen molar-refractivity contribution in [3.05, 3.63) is 105 Å². The number of likely N-dealkylation sites (tertiary alicyclic amines) is 2. The summed E-state index contributed by atoms with van der Waals surface area (Å²) in [6, 6.07) is 13.6. The second kappa shape index (κ2) is 19.6. The van der Waals surface area contributed by atoms with E-state index in [2.05, 4.69) is 53.2 Å². The molecule has 4 N–H and O–H groups in total. The van der Waals surface area contributed by atoms with Gasteiger partial charge >= 0.3 is 12.1 Å². The number of fused-ring (bicyclic) bond motifs is 2. The molecule has 4 atom stereocenters. The highest BCUT2D eigenvalue weighted by Crippen LogP contribution is 2.38. The van der Waals surface area contributed by atoms with E-state index in [1.165, 1.54) is 12.1 Å². The Morgan fingerprint density at radius 3 is 1.58 bits per heavy atom. The molecule has 0 bridgehead atoms. The van der Waals surface area contributed by atoms with Crippen molar-refractivity contribution in [1.82, 2.24) is 39.0 Å². The topological polar surface area (TPSA) is 172 Å². The lowest BCUT2D eigenvalue weighted by atomic mass is 10.0. The van der Waals surface area contributed by atoms with Crippen LogP contribution < -0.4 is 20.4 Å². The Kier molecular flexibility index (Phi) is 14.2. The number of aliphatic hydroxyl groups excluding tert-OH is 2. The number of hydrogen-bond donors (Lipinski definition) is 4. The van der Waals surface area contributed by atoms with Crippen molar-refractivity contribution in [2.24, 2.45) is 0 Å². The molecule has 4 aliphatic rings. The van der Waals surface area contributed by atoms with E-state index in [9.17, 15) is 28.6 Å². The molecule has 4 fully saturated rings. The molecule has 4 saturated heterocycles. The summed E-state index contributed by atoms with van der Waals surface area (Å²) in [5.41, 5.74) is 4.93. The first kappa shape index (κ1) is 46.3. The van der Waals surface area contributed by atoms with Crippen LogP contribution in [0.2, 0.25) is 0 Å². The molecule has 4 amide bonds. The lowest BCUT2D eigenvalue weighted by molar-refractivity contribution is 0.176. The molecule has 2 aromatic carbocycles. The van der Waals surface area contributed by atoms with Crippen molar-refractivity contribution in [2.45, 2.75) is 84.6 Å². The van der Waals surface area contributed by atoms with Crippen LogP contribution in [0.15, 0.2) is 73.3 Å². The normalized spacial score (nSPS) is 20.6. The van der Waals surface area contributed by atoms with Crippen LogP contribution >= 0.6 is 22.6 Å². The van der Waals surface area contributed by atoms with Crippen LogP contribution in [-0.2, 0) is 0 Å². The van der Waals surface area contributed by atoms with E-state index in [-0.39, 0.29) is 50.6 Å². The molecule has 8 heterocycles. The van der Waals surface area contributed by atoms with Crippen LogP contribution in [0.4, 0.5) is 41.4 Å². The molecule has 6 aromatic rings. The molecule has 10 rings (SSSR count). The number of hydrogen-bond acceptors (Lipinski definition) is 10. The van der Waals surface area contributed by atoms with Crippen LogP contribution in [-0.4, -0.2) is 113 Å². The maximum Gasteiger partial charge on any atom is 0.322 e. The van der Waals surface area contributed by atoms with Crippen LogP contribution in [0.3, 0.4) is 0 Å². The first-order chi connectivity index (χ1) is 29.9. The van der Waals surface area contributed by atoms with Gasteiger partial charge < -0.3 is 40.4 Å². The SMILES string of the molecule is C.C.Cc1cc(F)cc([C@H]2CCCN2c2ccn3ncc(NC(=O)N4CC[C@H](O)C4)c3n2)c1.O=C(Nc1cnn2ccc(N3CCC[C@@H]3c3cc(F)cc(I)c3)nc12)N1CC[C@H](O)C1. The average molecular weight is 993 g/mol. The minimum absolute atomic E-state index is 0. The fourth-order valence-electron chi connectivity index (χ4n) is 8.96. The molecule has 4 aliphatic heterocycles. The number of halogens is 3. The third-order valence-electron chi connectivity index (χ3n) is 11.9. The maximum atomic E-state index is 14.0. The minimum Gasteiger partial charge on any atom is -0.391 e. The van der Waals surface area contributed by atoms with Gasteiger partial charge in [-0.1, -0.05) is 20.9 Å². The molecule has 0 saturated carbocycles. The first-order valence-electron chi connectivity index (χ1n) is 20.9. The Balaban J connectivity index is 0.000000186. The molecular formula is C45H55F2IN12O4. The zero-order valence-electron chi connectivity index (χ0n) is 34.0. The van der Waals surface area contributed by atoms with Gasteiger partial charge in [0.2, 0.25) is 0 Å². The second-order valence-corrected chi connectivity index (χ2v) is 17.6. The fourth-order valence-corrected chi connectivity index (χ4v) is 9.61. The Morgan fingerprint density at radius 2 is 1.14 bits per heavy atom. The van der Waals surface area contributed by atoms with Gasteiger partial charge in [0.15, 0.2) is 11.3 Å². The Bertz CT molecular complexity index is 2410. The van der Waals surface area contributed by atoms with Gasteiger partial charge in [-0.15, -0.1) is 0 Å². The summed E-state index contributed by atoms with van der Waals surface area (Å²) in [4.78, 5) is 42.2. The molecule has 16 nitrogen and oxygen atoms in total. The lowest BCUT2D eigenvalue weighted by Crippen LogP contribution is -2.33. The molecule has 0 unspecified atom stereocenters. The van der Waals surface area contributed by atoms with Crippen molar-refractivity contribution in [3.63, 3.8) is 0 Å². The largest absolute Gasteiger partial charge is 0.391 e. The lowest BCUT2D eigenvalue weighted by Gasteiger charge is -2.26. The molecule has 0 aliphatic carbocycles. The number of aromatic nitrogens is 6. The molecular weight excluding hydrogens is 937 g/mol. The smallest absolute Gasteiger partial charge is 0.322 e. The van der Waals surface area contributed by atoms with Gasteiger partial charge in [0, 0.05) is 55.2 Å². The number of rotatable bonds is 6. The number of aryl methyl sites for hydroxylation is 1. The van der Waals surface area contributed by atoms with Gasteiger partial charge in [-0.3, -0.25) is 0 Å². The van der Waals surface area contributed by atoms with E-state index in [0.717, 1.165) is 70.7 Å². The Labute approximate surface area is 384 Å². The highest BCUT2D eigenvalue weighted by molar-refractivity contribution is 14.1. The maximum absolute atomic E-state index is 14.0. The summed E-state index contributed by atoms with van der Waals surface area (Å²) in [5.74, 6) is 1.08. The summed E-state index contributed by atoms with van der Waals surface area (Å²) in [5, 5.41) is 33.7. The number of anilines is 4. The van der Waals surface area contributed by atoms with E-state index in [1.54, 1.807) is 43.4 Å². The van der Waals surface area contributed by atoms with E-state index in [0.29, 0.717) is 61.7 Å². The Morgan fingerprint density at radius 1 is 0.672 bits per heavy atom. The summed E-state index contributed by atoms with van der Waals surface area (Å²) >= 11 is 2.14. The van der Waals surface area contributed by atoms with E-state index < -0.39 is 12.2 Å². The van der Waals surface area contributed by atoms with Gasteiger partial charge in [0.25, 0.3) is 0 Å². The number of β-amino-alcohol motifs (C(OH)–C–C–N with tert-alkyl or cyclic N) is 2. The molecule has 0 spiro atoms. The van der Waals surface area contributed by atoms with Crippen molar-refractivity contribution in [3.8, 4) is 0 Å². The third-order valence-corrected chi connectivity index (χ3v) is 12.5. The predicted molar refractivity (Wildman–Crippen MR) is 251 cm³/mol. The summed E-state index contributed by atoms with van der Waals surface area (Å²) in [6.07, 6.45) is 10.8. The number of nitrogens with one attached hydrogen (secondary N) is 2. The number of nitrogens with zero attached hydrogens (tertiary/aromatic N) is 10. The number of urea groups is 2. The monoisotopic (exact) mass is 992 g/mol. The van der Waals surface area contributed by atoms with Crippen LogP contribution in [0, 0.1) is 22.1 Å². The average Bonchev–Trinajstić information content (AvgIpc) is 4.11. The van der Waals surface area contributed by atoms with Gasteiger partial charge in [-0.05, 0) is 127 Å². The fraction of sp³-hybridized carbons (Fsp3) is 0.422.